The Balaban J connectivity index is 1.78. The number of halogens is 2. The summed E-state index contributed by atoms with van der Waals surface area (Å²) in [6, 6.07) is 3.79. The van der Waals surface area contributed by atoms with Gasteiger partial charge in [-0.3, -0.25) is 4.79 Å². The maximum atomic E-state index is 13.2. The monoisotopic (exact) mass is 396 g/mol. The Bertz CT molecular complexity index is 1000. The average Bonchev–Trinajstić information content (AvgIpc) is 3.25. The van der Waals surface area contributed by atoms with Gasteiger partial charge in [-0.25, -0.2) is 9.02 Å². The maximum absolute atomic E-state index is 13.2. The van der Waals surface area contributed by atoms with Gasteiger partial charge in [0.1, 0.15) is 24.5 Å². The van der Waals surface area contributed by atoms with Crippen LogP contribution >= 0.6 is 11.6 Å². The fourth-order valence-corrected chi connectivity index (χ4v) is 2.20. The number of nitrogens with zero attached hydrogens (tertiary/aromatic N) is 7. The molecule has 0 atom stereocenters. The van der Waals surface area contributed by atoms with E-state index in [1.54, 1.807) is 0 Å². The minimum atomic E-state index is -1.10. The highest BCUT2D eigenvalue weighted by molar-refractivity contribution is 6.31. The number of tetrazole rings is 1. The van der Waals surface area contributed by atoms with Crippen molar-refractivity contribution >= 4 is 29.1 Å². The Hall–Kier alpha value is -3.61. The third kappa shape index (κ3) is 4.33. The maximum Gasteiger partial charge on any atom is 0.311 e. The van der Waals surface area contributed by atoms with Crippen molar-refractivity contribution in [2.45, 2.75) is 13.0 Å². The van der Waals surface area contributed by atoms with Crippen LogP contribution in [0, 0.1) is 5.82 Å². The van der Waals surface area contributed by atoms with E-state index < -0.39 is 11.8 Å². The van der Waals surface area contributed by atoms with E-state index in [-0.39, 0.29) is 41.0 Å². The second-order valence-corrected chi connectivity index (χ2v) is 5.48. The number of oxime groups is 1. The van der Waals surface area contributed by atoms with Crippen LogP contribution < -0.4 is 5.32 Å². The number of amidine groups is 1. The van der Waals surface area contributed by atoms with E-state index in [4.69, 9.17) is 16.7 Å². The molecule has 3 aromatic rings. The molecule has 3 rings (SSSR count). The Labute approximate surface area is 154 Å². The summed E-state index contributed by atoms with van der Waals surface area (Å²) in [7, 11) is 0. The lowest BCUT2D eigenvalue weighted by Crippen LogP contribution is -2.18. The second-order valence-electron chi connectivity index (χ2n) is 5.07. The predicted molar refractivity (Wildman–Crippen MR) is 85.9 cm³/mol. The topological polar surface area (TPSA) is 164 Å². The van der Waals surface area contributed by atoms with Crippen LogP contribution in [0.4, 0.5) is 10.1 Å². The zero-order valence-electron chi connectivity index (χ0n) is 13.2. The SMILES string of the molecule is O=C(O)Cc1nnn(Cc2nonc2/C(=N\O)Nc2ccc(F)c(Cl)c2)n1. The third-order valence-corrected chi connectivity index (χ3v) is 3.45. The van der Waals surface area contributed by atoms with Crippen LogP contribution in [0.1, 0.15) is 17.2 Å². The number of benzene rings is 1. The lowest BCUT2D eigenvalue weighted by atomic mass is 10.2. The number of aromatic nitrogens is 6. The highest BCUT2D eigenvalue weighted by atomic mass is 35.5. The molecule has 0 saturated heterocycles. The van der Waals surface area contributed by atoms with Gasteiger partial charge in [-0.15, -0.1) is 10.2 Å². The molecule has 0 amide bonds. The predicted octanol–water partition coefficient (Wildman–Crippen LogP) is 0.772. The van der Waals surface area contributed by atoms with E-state index in [1.165, 1.54) is 12.1 Å². The van der Waals surface area contributed by atoms with E-state index in [0.29, 0.717) is 5.69 Å². The molecule has 2 heterocycles. The third-order valence-electron chi connectivity index (χ3n) is 3.16. The van der Waals surface area contributed by atoms with Gasteiger partial charge < -0.3 is 15.6 Å². The molecule has 0 saturated carbocycles. The van der Waals surface area contributed by atoms with Gasteiger partial charge in [0.25, 0.3) is 0 Å². The summed E-state index contributed by atoms with van der Waals surface area (Å²) in [6.45, 7) is -0.0870. The summed E-state index contributed by atoms with van der Waals surface area (Å²) in [5, 5.41) is 42.1. The zero-order valence-corrected chi connectivity index (χ0v) is 14.0. The first-order chi connectivity index (χ1) is 13.0. The van der Waals surface area contributed by atoms with Crippen molar-refractivity contribution in [1.29, 1.82) is 0 Å². The normalized spacial score (nSPS) is 11.6. The molecule has 3 N–H and O–H groups in total. The lowest BCUT2D eigenvalue weighted by Gasteiger charge is -2.07. The van der Waals surface area contributed by atoms with Gasteiger partial charge in [-0.1, -0.05) is 21.9 Å². The summed E-state index contributed by atoms with van der Waals surface area (Å²) in [4.78, 5) is 11.7. The Morgan fingerprint density at radius 1 is 1.41 bits per heavy atom. The first-order valence-corrected chi connectivity index (χ1v) is 7.58. The first-order valence-electron chi connectivity index (χ1n) is 7.20. The molecule has 0 aliphatic heterocycles. The quantitative estimate of drug-likeness (QED) is 0.234. The molecule has 1 aromatic carbocycles. The van der Waals surface area contributed by atoms with Crippen molar-refractivity contribution in [3.05, 3.63) is 46.3 Å². The molecular formula is C13H10ClFN8O4. The molecule has 140 valence electrons. The fourth-order valence-electron chi connectivity index (χ4n) is 2.02. The minimum absolute atomic E-state index is 0.00984. The van der Waals surface area contributed by atoms with Crippen LogP contribution in [0.25, 0.3) is 0 Å². The van der Waals surface area contributed by atoms with Crippen LogP contribution in [0.3, 0.4) is 0 Å². The van der Waals surface area contributed by atoms with Gasteiger partial charge in [-0.05, 0) is 28.6 Å². The summed E-state index contributed by atoms with van der Waals surface area (Å²) in [6.07, 6.45) is -0.389. The van der Waals surface area contributed by atoms with Crippen LogP contribution in [0.5, 0.6) is 0 Å². The molecule has 2 aromatic heterocycles. The number of hydrogen-bond acceptors (Lipinski definition) is 9. The van der Waals surface area contributed by atoms with Crippen molar-refractivity contribution in [2.75, 3.05) is 5.32 Å². The van der Waals surface area contributed by atoms with E-state index >= 15 is 0 Å². The number of aliphatic carboxylic acids is 1. The van der Waals surface area contributed by atoms with Crippen molar-refractivity contribution in [3.8, 4) is 0 Å². The zero-order chi connectivity index (χ0) is 19.4. The lowest BCUT2D eigenvalue weighted by molar-refractivity contribution is -0.136. The number of anilines is 1. The summed E-state index contributed by atoms with van der Waals surface area (Å²) in [5.74, 6) is -1.85. The molecule has 27 heavy (non-hydrogen) atoms. The summed E-state index contributed by atoms with van der Waals surface area (Å²) < 4.78 is 17.9. The van der Waals surface area contributed by atoms with E-state index in [0.717, 1.165) is 10.9 Å². The molecule has 0 aliphatic carbocycles. The van der Waals surface area contributed by atoms with E-state index in [2.05, 4.69) is 40.8 Å². The number of hydrogen-bond donors (Lipinski definition) is 3. The molecule has 0 spiro atoms. The summed E-state index contributed by atoms with van der Waals surface area (Å²) in [5.41, 5.74) is 0.517. The van der Waals surface area contributed by atoms with Crippen molar-refractivity contribution in [2.24, 2.45) is 5.16 Å². The number of carboxylic acids is 1. The molecule has 0 bridgehead atoms. The molecule has 14 heteroatoms. The van der Waals surface area contributed by atoms with Crippen molar-refractivity contribution in [3.63, 3.8) is 0 Å². The Kier molecular flexibility index (Phi) is 5.21. The number of carbonyl (C=O) groups is 1. The van der Waals surface area contributed by atoms with Gasteiger partial charge in [0.2, 0.25) is 5.84 Å². The number of rotatable bonds is 6. The van der Waals surface area contributed by atoms with Crippen LogP contribution in [0.2, 0.25) is 5.02 Å². The Morgan fingerprint density at radius 2 is 2.22 bits per heavy atom. The van der Waals surface area contributed by atoms with Gasteiger partial charge in [0, 0.05) is 5.69 Å². The van der Waals surface area contributed by atoms with Crippen LogP contribution in [-0.4, -0.2) is 52.6 Å². The second kappa shape index (κ2) is 7.74. The van der Waals surface area contributed by atoms with Crippen LogP contribution in [0.15, 0.2) is 28.0 Å². The minimum Gasteiger partial charge on any atom is -0.481 e. The van der Waals surface area contributed by atoms with Gasteiger partial charge in [0.05, 0.1) is 5.02 Å². The molecule has 0 unspecified atom stereocenters. The van der Waals surface area contributed by atoms with E-state index in [9.17, 15) is 14.4 Å². The Morgan fingerprint density at radius 3 is 2.93 bits per heavy atom. The van der Waals surface area contributed by atoms with E-state index in [1.807, 2.05) is 0 Å². The first kappa shape index (κ1) is 18.2. The van der Waals surface area contributed by atoms with Gasteiger partial charge >= 0.3 is 5.97 Å². The largest absolute Gasteiger partial charge is 0.481 e. The van der Waals surface area contributed by atoms with Crippen molar-refractivity contribution in [1.82, 2.24) is 30.5 Å². The van der Waals surface area contributed by atoms with Gasteiger partial charge in [-0.2, -0.15) is 4.80 Å². The molecule has 0 aliphatic rings. The standard InChI is InChI=1S/C13H10ClFN8O4/c14-7-3-6(1-2-8(7)15)16-13(19-26)12-9(20-27-21-12)5-23-18-10(17-22-23)4-11(24)25/h1-3,26H,4-5H2,(H,16,19)(H,24,25). The number of nitrogens with one attached hydrogen (secondary N) is 1. The molecule has 12 nitrogen and oxygen atoms in total. The molecule has 0 fully saturated rings. The van der Waals surface area contributed by atoms with Gasteiger partial charge in [0.15, 0.2) is 11.5 Å². The van der Waals surface area contributed by atoms with Crippen LogP contribution in [-0.2, 0) is 17.8 Å². The highest BCUT2D eigenvalue weighted by Gasteiger charge is 2.20. The molecular weight excluding hydrogens is 387 g/mol. The fraction of sp³-hybridized carbons (Fsp3) is 0.154. The number of carboxylic acid groups (broad SMARTS) is 1. The highest BCUT2D eigenvalue weighted by Crippen LogP contribution is 2.20. The smallest absolute Gasteiger partial charge is 0.311 e. The molecule has 0 radical (unpaired) electrons. The average molecular weight is 397 g/mol. The van der Waals surface area contributed by atoms with Crippen molar-refractivity contribution < 1.29 is 24.1 Å². The summed E-state index contributed by atoms with van der Waals surface area (Å²) >= 11 is 5.71.